The molecule has 3 N–H and O–H groups in total. The lowest BCUT2D eigenvalue weighted by Gasteiger charge is -2.05. The van der Waals surface area contributed by atoms with Gasteiger partial charge in [-0.25, -0.2) is 4.98 Å². The van der Waals surface area contributed by atoms with Crippen LogP contribution in [0.4, 0.5) is 5.82 Å². The van der Waals surface area contributed by atoms with Crippen LogP contribution in [0.2, 0.25) is 0 Å². The molecule has 0 aliphatic rings. The molecule has 0 saturated carbocycles. The number of H-pyrrole nitrogens is 1. The Morgan fingerprint density at radius 2 is 2.38 bits per heavy atom. The number of nitrogens with zero attached hydrogens (tertiary/aromatic N) is 1. The van der Waals surface area contributed by atoms with Gasteiger partial charge in [-0.1, -0.05) is 0 Å². The second-order valence-corrected chi connectivity index (χ2v) is 3.50. The number of nitrogens with one attached hydrogen (secondary N) is 3. The van der Waals surface area contributed by atoms with Crippen LogP contribution in [0.1, 0.15) is 0 Å². The fourth-order valence-corrected chi connectivity index (χ4v) is 1.30. The van der Waals surface area contributed by atoms with Gasteiger partial charge in [0.05, 0.1) is 6.33 Å². The van der Waals surface area contributed by atoms with E-state index in [-0.39, 0.29) is 5.56 Å². The first-order valence-corrected chi connectivity index (χ1v) is 4.95. The van der Waals surface area contributed by atoms with Crippen molar-refractivity contribution in [1.29, 1.82) is 0 Å². The summed E-state index contributed by atoms with van der Waals surface area (Å²) in [6.45, 7) is 1.59. The third-order valence-electron chi connectivity index (χ3n) is 1.46. The molecule has 72 valence electrons. The fourth-order valence-electron chi connectivity index (χ4n) is 0.812. The van der Waals surface area contributed by atoms with Crippen molar-refractivity contribution in [3.63, 3.8) is 0 Å². The van der Waals surface area contributed by atoms with E-state index in [1.807, 2.05) is 29.6 Å². The quantitative estimate of drug-likeness (QED) is 0.540. The van der Waals surface area contributed by atoms with Crippen molar-refractivity contribution in [2.45, 2.75) is 0 Å². The van der Waals surface area contributed by atoms with E-state index in [4.69, 9.17) is 0 Å². The summed E-state index contributed by atoms with van der Waals surface area (Å²) in [5.74, 6) is 0.639. The molecule has 0 unspecified atom stereocenters. The Labute approximate surface area is 89.5 Å². The van der Waals surface area contributed by atoms with Crippen LogP contribution in [0.25, 0.3) is 0 Å². The van der Waals surface area contributed by atoms with Crippen LogP contribution in [0.15, 0.2) is 11.1 Å². The van der Waals surface area contributed by atoms with Crippen molar-refractivity contribution in [1.82, 2.24) is 15.3 Å². The van der Waals surface area contributed by atoms with E-state index in [0.29, 0.717) is 9.39 Å². The second-order valence-electron chi connectivity index (χ2n) is 2.42. The molecule has 0 atom stereocenters. The number of aromatic nitrogens is 2. The average Bonchev–Trinajstić information content (AvgIpc) is 2.13. The summed E-state index contributed by atoms with van der Waals surface area (Å²) in [4.78, 5) is 17.6. The van der Waals surface area contributed by atoms with Crippen LogP contribution < -0.4 is 16.2 Å². The van der Waals surface area contributed by atoms with Crippen molar-refractivity contribution in [2.75, 3.05) is 25.5 Å². The minimum Gasteiger partial charge on any atom is -0.368 e. The normalized spacial score (nSPS) is 10.0. The van der Waals surface area contributed by atoms with E-state index >= 15 is 0 Å². The van der Waals surface area contributed by atoms with E-state index in [2.05, 4.69) is 20.6 Å². The summed E-state index contributed by atoms with van der Waals surface area (Å²) in [7, 11) is 1.87. The molecule has 1 aromatic rings. The summed E-state index contributed by atoms with van der Waals surface area (Å²) in [5, 5.41) is 6.05. The van der Waals surface area contributed by atoms with Crippen molar-refractivity contribution in [3.8, 4) is 0 Å². The third kappa shape index (κ3) is 2.96. The first kappa shape index (κ1) is 10.5. The topological polar surface area (TPSA) is 69.8 Å². The smallest absolute Gasteiger partial charge is 0.266 e. The standard InChI is InChI=1S/C7H11IN4O/c1-9-2-3-10-6-5(8)7(13)12-4-11-6/h4,9H,2-3H2,1H3,(H2,10,11,12,13). The molecule has 0 spiro atoms. The maximum absolute atomic E-state index is 11.1. The van der Waals surface area contributed by atoms with Crippen LogP contribution >= 0.6 is 22.6 Å². The molecule has 0 aromatic carbocycles. The molecule has 13 heavy (non-hydrogen) atoms. The van der Waals surface area contributed by atoms with Gasteiger partial charge in [0.15, 0.2) is 0 Å². The Balaban J connectivity index is 2.66. The largest absolute Gasteiger partial charge is 0.368 e. The highest BCUT2D eigenvalue weighted by molar-refractivity contribution is 14.1. The maximum atomic E-state index is 11.1. The molecule has 0 aliphatic heterocycles. The molecule has 0 radical (unpaired) electrons. The molecule has 6 heteroatoms. The average molecular weight is 294 g/mol. The van der Waals surface area contributed by atoms with Gasteiger partial charge in [0, 0.05) is 13.1 Å². The van der Waals surface area contributed by atoms with Crippen molar-refractivity contribution in [3.05, 3.63) is 20.3 Å². The Morgan fingerprint density at radius 3 is 3.08 bits per heavy atom. The molecule has 1 rings (SSSR count). The lowest BCUT2D eigenvalue weighted by Crippen LogP contribution is -2.21. The van der Waals surface area contributed by atoms with Gasteiger partial charge in [0.25, 0.3) is 5.56 Å². The van der Waals surface area contributed by atoms with E-state index in [0.717, 1.165) is 13.1 Å². The highest BCUT2D eigenvalue weighted by Crippen LogP contribution is 2.07. The fraction of sp³-hybridized carbons (Fsp3) is 0.429. The number of aromatic amines is 1. The SMILES string of the molecule is CNCCNc1nc[nH]c(=O)c1I. The van der Waals surface area contributed by atoms with Gasteiger partial charge in [0.2, 0.25) is 0 Å². The van der Waals surface area contributed by atoms with Crippen LogP contribution in [-0.4, -0.2) is 30.1 Å². The minimum atomic E-state index is -0.109. The molecular weight excluding hydrogens is 283 g/mol. The zero-order valence-corrected chi connectivity index (χ0v) is 9.38. The van der Waals surface area contributed by atoms with Gasteiger partial charge >= 0.3 is 0 Å². The Bertz CT molecular complexity index is 325. The molecule has 0 saturated heterocycles. The molecular formula is C7H11IN4O. The van der Waals surface area contributed by atoms with Crippen molar-refractivity contribution >= 4 is 28.4 Å². The summed E-state index contributed by atoms with van der Waals surface area (Å²) in [5.41, 5.74) is -0.109. The number of anilines is 1. The lowest BCUT2D eigenvalue weighted by molar-refractivity contribution is 0.819. The number of likely N-dealkylation sites (N-methyl/N-ethyl adjacent to an activating group) is 1. The van der Waals surface area contributed by atoms with Crippen molar-refractivity contribution in [2.24, 2.45) is 0 Å². The summed E-state index contributed by atoms with van der Waals surface area (Å²) < 4.78 is 0.594. The van der Waals surface area contributed by atoms with E-state index in [9.17, 15) is 4.79 Å². The predicted octanol–water partition coefficient (Wildman–Crippen LogP) is 0.00580. The molecule has 0 amide bonds. The monoisotopic (exact) mass is 294 g/mol. The molecule has 5 nitrogen and oxygen atoms in total. The first-order valence-electron chi connectivity index (χ1n) is 3.87. The van der Waals surface area contributed by atoms with Gasteiger partial charge in [-0.2, -0.15) is 0 Å². The van der Waals surface area contributed by atoms with E-state index in [1.54, 1.807) is 0 Å². The van der Waals surface area contributed by atoms with Gasteiger partial charge in [-0.05, 0) is 29.6 Å². The number of rotatable bonds is 4. The summed E-state index contributed by atoms with van der Waals surface area (Å²) >= 11 is 1.97. The molecule has 1 heterocycles. The number of hydrogen-bond acceptors (Lipinski definition) is 4. The molecule has 0 bridgehead atoms. The Morgan fingerprint density at radius 1 is 1.62 bits per heavy atom. The summed E-state index contributed by atoms with van der Waals surface area (Å²) in [6.07, 6.45) is 1.40. The summed E-state index contributed by atoms with van der Waals surface area (Å²) in [6, 6.07) is 0. The van der Waals surface area contributed by atoms with Crippen LogP contribution in [-0.2, 0) is 0 Å². The van der Waals surface area contributed by atoms with E-state index < -0.39 is 0 Å². The highest BCUT2D eigenvalue weighted by Gasteiger charge is 2.02. The zero-order chi connectivity index (χ0) is 9.68. The van der Waals surface area contributed by atoms with E-state index in [1.165, 1.54) is 6.33 Å². The first-order chi connectivity index (χ1) is 6.25. The van der Waals surface area contributed by atoms with Crippen molar-refractivity contribution < 1.29 is 0 Å². The Hall–Kier alpha value is -0.630. The van der Waals surface area contributed by atoms with Crippen LogP contribution in [0, 0.1) is 3.57 Å². The van der Waals surface area contributed by atoms with Crippen LogP contribution in [0.5, 0.6) is 0 Å². The molecule has 1 aromatic heterocycles. The van der Waals surface area contributed by atoms with Crippen LogP contribution in [0.3, 0.4) is 0 Å². The minimum absolute atomic E-state index is 0.109. The zero-order valence-electron chi connectivity index (χ0n) is 7.22. The Kier molecular flexibility index (Phi) is 4.16. The molecule has 0 aliphatic carbocycles. The lowest BCUT2D eigenvalue weighted by atomic mass is 10.5. The van der Waals surface area contributed by atoms with Gasteiger partial charge < -0.3 is 15.6 Å². The molecule has 0 fully saturated rings. The van der Waals surface area contributed by atoms with Gasteiger partial charge in [0.1, 0.15) is 9.39 Å². The highest BCUT2D eigenvalue weighted by atomic mass is 127. The maximum Gasteiger partial charge on any atom is 0.266 e. The predicted molar refractivity (Wildman–Crippen MR) is 60.0 cm³/mol. The number of halogens is 1. The number of hydrogen-bond donors (Lipinski definition) is 3. The second kappa shape index (κ2) is 5.18. The van der Waals surface area contributed by atoms with Gasteiger partial charge in [-0.3, -0.25) is 4.79 Å². The third-order valence-corrected chi connectivity index (χ3v) is 2.46. The van der Waals surface area contributed by atoms with Gasteiger partial charge in [-0.15, -0.1) is 0 Å².